The van der Waals surface area contributed by atoms with Gasteiger partial charge in [-0.05, 0) is 43.1 Å². The van der Waals surface area contributed by atoms with Crippen LogP contribution in [0, 0.1) is 12.3 Å². The van der Waals surface area contributed by atoms with Crippen molar-refractivity contribution in [3.05, 3.63) is 17.2 Å². The minimum atomic E-state index is -0.0169. The van der Waals surface area contributed by atoms with Crippen LogP contribution in [-0.4, -0.2) is 50.0 Å². The molecule has 1 aliphatic heterocycles. The van der Waals surface area contributed by atoms with Crippen molar-refractivity contribution in [3.63, 3.8) is 0 Å². The van der Waals surface area contributed by atoms with Gasteiger partial charge in [0.25, 0.3) is 5.91 Å². The van der Waals surface area contributed by atoms with E-state index < -0.39 is 0 Å². The van der Waals surface area contributed by atoms with Crippen molar-refractivity contribution in [2.45, 2.75) is 45.6 Å². The third-order valence-corrected chi connectivity index (χ3v) is 5.00. The van der Waals surface area contributed by atoms with E-state index in [0.717, 1.165) is 55.6 Å². The van der Waals surface area contributed by atoms with Crippen molar-refractivity contribution >= 4 is 23.5 Å². The molecular formula is C19H31N3O2S. The molecule has 1 fully saturated rings. The SMILES string of the molecule is CSc1nc(N2CCOCC2)cc(C)c1C(=O)NCCCC(C)(C)C. The number of aryl methyl sites for hydroxylation is 1. The van der Waals surface area contributed by atoms with Crippen molar-refractivity contribution in [3.8, 4) is 0 Å². The molecule has 0 radical (unpaired) electrons. The molecule has 1 saturated heterocycles. The fourth-order valence-electron chi connectivity index (χ4n) is 2.91. The highest BCUT2D eigenvalue weighted by molar-refractivity contribution is 7.98. The maximum atomic E-state index is 12.7. The van der Waals surface area contributed by atoms with E-state index in [9.17, 15) is 4.79 Å². The van der Waals surface area contributed by atoms with Gasteiger partial charge in [0, 0.05) is 19.6 Å². The minimum absolute atomic E-state index is 0.0169. The van der Waals surface area contributed by atoms with Crippen LogP contribution >= 0.6 is 11.8 Å². The Morgan fingerprint density at radius 3 is 2.64 bits per heavy atom. The summed E-state index contributed by atoms with van der Waals surface area (Å²) in [5.41, 5.74) is 1.99. The maximum absolute atomic E-state index is 12.7. The van der Waals surface area contributed by atoms with E-state index in [0.29, 0.717) is 17.5 Å². The Morgan fingerprint density at radius 2 is 2.04 bits per heavy atom. The van der Waals surface area contributed by atoms with Gasteiger partial charge < -0.3 is 15.0 Å². The van der Waals surface area contributed by atoms with Crippen LogP contribution in [-0.2, 0) is 4.74 Å². The van der Waals surface area contributed by atoms with Gasteiger partial charge in [-0.15, -0.1) is 11.8 Å². The first-order valence-electron chi connectivity index (χ1n) is 8.98. The van der Waals surface area contributed by atoms with Gasteiger partial charge in [0.1, 0.15) is 10.8 Å². The molecule has 0 unspecified atom stereocenters. The summed E-state index contributed by atoms with van der Waals surface area (Å²) in [6.45, 7) is 12.5. The third kappa shape index (κ3) is 5.89. The number of aromatic nitrogens is 1. The molecule has 6 heteroatoms. The monoisotopic (exact) mass is 365 g/mol. The number of hydrogen-bond donors (Lipinski definition) is 1. The molecular weight excluding hydrogens is 334 g/mol. The number of nitrogens with one attached hydrogen (secondary N) is 1. The number of anilines is 1. The predicted molar refractivity (Wildman–Crippen MR) is 105 cm³/mol. The van der Waals surface area contributed by atoms with Crippen LogP contribution in [0.2, 0.25) is 0 Å². The van der Waals surface area contributed by atoms with E-state index in [4.69, 9.17) is 9.72 Å². The lowest BCUT2D eigenvalue weighted by Crippen LogP contribution is -2.37. The Bertz CT molecular complexity index is 593. The van der Waals surface area contributed by atoms with Crippen LogP contribution in [0.15, 0.2) is 11.1 Å². The molecule has 5 nitrogen and oxygen atoms in total. The Morgan fingerprint density at radius 1 is 1.36 bits per heavy atom. The van der Waals surface area contributed by atoms with Gasteiger partial charge in [-0.25, -0.2) is 4.98 Å². The average Bonchev–Trinajstić information content (AvgIpc) is 2.57. The first-order chi connectivity index (χ1) is 11.8. The van der Waals surface area contributed by atoms with E-state index in [1.807, 2.05) is 19.2 Å². The van der Waals surface area contributed by atoms with E-state index in [1.165, 1.54) is 11.8 Å². The number of hydrogen-bond acceptors (Lipinski definition) is 5. The molecule has 140 valence electrons. The molecule has 0 aromatic carbocycles. The fourth-order valence-corrected chi connectivity index (χ4v) is 3.56. The number of ether oxygens (including phenoxy) is 1. The summed E-state index contributed by atoms with van der Waals surface area (Å²) in [6, 6.07) is 2.02. The van der Waals surface area contributed by atoms with Crippen LogP contribution in [0.25, 0.3) is 0 Å². The number of rotatable bonds is 6. The molecule has 0 spiro atoms. The van der Waals surface area contributed by atoms with Crippen LogP contribution in [0.1, 0.15) is 49.5 Å². The minimum Gasteiger partial charge on any atom is -0.378 e. The third-order valence-electron chi connectivity index (χ3n) is 4.31. The van der Waals surface area contributed by atoms with Crippen LogP contribution in [0.3, 0.4) is 0 Å². The first-order valence-corrected chi connectivity index (χ1v) is 10.2. The Kier molecular flexibility index (Phi) is 7.14. The standard InChI is InChI=1S/C19H31N3O2S/c1-14-13-15(22-9-11-24-12-10-22)21-18(25-5)16(14)17(23)20-8-6-7-19(2,3)4/h13H,6-12H2,1-5H3,(H,20,23). The lowest BCUT2D eigenvalue weighted by Gasteiger charge is -2.28. The molecule has 1 aromatic rings. The quantitative estimate of drug-likeness (QED) is 0.618. The zero-order valence-electron chi connectivity index (χ0n) is 16.1. The Balaban J connectivity index is 2.07. The van der Waals surface area contributed by atoms with E-state index in [-0.39, 0.29) is 5.91 Å². The second-order valence-corrected chi connectivity index (χ2v) is 8.50. The molecule has 0 atom stereocenters. The number of carbonyl (C=O) groups is 1. The predicted octanol–water partition coefficient (Wildman–Crippen LogP) is 3.50. The molecule has 25 heavy (non-hydrogen) atoms. The van der Waals surface area contributed by atoms with Gasteiger partial charge >= 0.3 is 0 Å². The molecule has 2 rings (SSSR count). The summed E-state index contributed by atoms with van der Waals surface area (Å²) in [5.74, 6) is 0.922. The van der Waals surface area contributed by atoms with E-state index in [1.54, 1.807) is 0 Å². The van der Waals surface area contributed by atoms with Crippen molar-refractivity contribution in [1.82, 2.24) is 10.3 Å². The molecule has 0 saturated carbocycles. The number of morpholine rings is 1. The first kappa shape index (κ1) is 20.0. The molecule has 0 aliphatic carbocycles. The molecule has 1 amide bonds. The van der Waals surface area contributed by atoms with E-state index in [2.05, 4.69) is 31.0 Å². The van der Waals surface area contributed by atoms with Gasteiger partial charge in [-0.2, -0.15) is 0 Å². The van der Waals surface area contributed by atoms with Gasteiger partial charge in [0.05, 0.1) is 18.8 Å². The highest BCUT2D eigenvalue weighted by Gasteiger charge is 2.20. The van der Waals surface area contributed by atoms with Gasteiger partial charge in [0.2, 0.25) is 0 Å². The summed E-state index contributed by atoms with van der Waals surface area (Å²) >= 11 is 1.53. The summed E-state index contributed by atoms with van der Waals surface area (Å²) < 4.78 is 5.41. The van der Waals surface area contributed by atoms with Crippen molar-refractivity contribution in [1.29, 1.82) is 0 Å². The van der Waals surface area contributed by atoms with E-state index >= 15 is 0 Å². The van der Waals surface area contributed by atoms with Crippen LogP contribution < -0.4 is 10.2 Å². The number of pyridine rings is 1. The average molecular weight is 366 g/mol. The Hall–Kier alpha value is -1.27. The largest absolute Gasteiger partial charge is 0.378 e. The van der Waals surface area contributed by atoms with Gasteiger partial charge in [-0.3, -0.25) is 4.79 Å². The van der Waals surface area contributed by atoms with Crippen LogP contribution in [0.4, 0.5) is 5.82 Å². The molecule has 1 N–H and O–H groups in total. The summed E-state index contributed by atoms with van der Waals surface area (Å²) in [7, 11) is 0. The van der Waals surface area contributed by atoms with Crippen LogP contribution in [0.5, 0.6) is 0 Å². The zero-order valence-corrected chi connectivity index (χ0v) is 17.0. The number of thioether (sulfide) groups is 1. The second-order valence-electron chi connectivity index (χ2n) is 7.70. The zero-order chi connectivity index (χ0) is 18.4. The van der Waals surface area contributed by atoms with Crippen molar-refractivity contribution < 1.29 is 9.53 Å². The lowest BCUT2D eigenvalue weighted by atomic mass is 9.91. The normalized spacial score (nSPS) is 15.3. The lowest BCUT2D eigenvalue weighted by molar-refractivity contribution is 0.0947. The summed E-state index contributed by atoms with van der Waals surface area (Å²) in [6.07, 6.45) is 4.05. The number of amides is 1. The number of nitrogens with zero attached hydrogens (tertiary/aromatic N) is 2. The topological polar surface area (TPSA) is 54.5 Å². The smallest absolute Gasteiger partial charge is 0.254 e. The fraction of sp³-hybridized carbons (Fsp3) is 0.684. The summed E-state index contributed by atoms with van der Waals surface area (Å²) in [4.78, 5) is 19.6. The highest BCUT2D eigenvalue weighted by atomic mass is 32.2. The summed E-state index contributed by atoms with van der Waals surface area (Å²) in [5, 5.41) is 3.86. The molecule has 1 aliphatic rings. The maximum Gasteiger partial charge on any atom is 0.254 e. The number of carbonyl (C=O) groups excluding carboxylic acids is 1. The van der Waals surface area contributed by atoms with Crippen molar-refractivity contribution in [2.24, 2.45) is 5.41 Å². The van der Waals surface area contributed by atoms with Gasteiger partial charge in [-0.1, -0.05) is 20.8 Å². The second kappa shape index (κ2) is 8.90. The van der Waals surface area contributed by atoms with Crippen molar-refractivity contribution in [2.75, 3.05) is 44.0 Å². The molecule has 0 bridgehead atoms. The molecule has 2 heterocycles. The van der Waals surface area contributed by atoms with Gasteiger partial charge in [0.15, 0.2) is 0 Å². The molecule has 1 aromatic heterocycles. The highest BCUT2D eigenvalue weighted by Crippen LogP contribution is 2.26. The Labute approximate surface area is 155 Å².